The van der Waals surface area contributed by atoms with Gasteiger partial charge in [0.15, 0.2) is 10.6 Å². The number of terminal acetylenes is 1. The Labute approximate surface area is 173 Å². The van der Waals surface area contributed by atoms with E-state index in [2.05, 4.69) is 21.4 Å². The minimum Gasteiger partial charge on any atom is -0.360 e. The first-order chi connectivity index (χ1) is 13.5. The molecule has 144 valence electrons. The summed E-state index contributed by atoms with van der Waals surface area (Å²) in [5, 5.41) is 6.87. The van der Waals surface area contributed by atoms with Crippen LogP contribution in [0.3, 0.4) is 0 Å². The Morgan fingerprint density at radius 1 is 1.43 bits per heavy atom. The first-order valence-electron chi connectivity index (χ1n) is 8.07. The Morgan fingerprint density at radius 3 is 2.96 bits per heavy atom. The van der Waals surface area contributed by atoms with E-state index in [4.69, 9.17) is 22.5 Å². The Morgan fingerprint density at radius 2 is 2.25 bits per heavy atom. The molecule has 3 aromatic rings. The van der Waals surface area contributed by atoms with Gasteiger partial charge in [-0.25, -0.2) is 0 Å². The van der Waals surface area contributed by atoms with Crippen LogP contribution in [0.1, 0.15) is 5.76 Å². The van der Waals surface area contributed by atoms with E-state index in [1.807, 2.05) is 12.1 Å². The molecule has 1 N–H and O–H groups in total. The van der Waals surface area contributed by atoms with Crippen LogP contribution in [-0.2, 0) is 16.1 Å². The van der Waals surface area contributed by atoms with E-state index in [1.54, 1.807) is 23.6 Å². The second-order valence-electron chi connectivity index (χ2n) is 5.66. The van der Waals surface area contributed by atoms with Gasteiger partial charge in [-0.2, -0.15) is 4.99 Å². The number of hydrogen-bond acceptors (Lipinski definition) is 6. The molecule has 2 aromatic heterocycles. The first kappa shape index (κ1) is 20.2. The van der Waals surface area contributed by atoms with Gasteiger partial charge in [0.1, 0.15) is 5.76 Å². The summed E-state index contributed by atoms with van der Waals surface area (Å²) >= 11 is 8.53. The highest BCUT2D eigenvalue weighted by Crippen LogP contribution is 2.21. The molecular formula is C18H15ClN4O3S2. The molecule has 1 aromatic carbocycles. The van der Waals surface area contributed by atoms with Crippen molar-refractivity contribution in [2.45, 2.75) is 13.5 Å². The number of rotatable bonds is 6. The van der Waals surface area contributed by atoms with E-state index >= 15 is 0 Å². The number of aryl methyl sites for hydroxylation is 1. The molecule has 0 fully saturated rings. The lowest BCUT2D eigenvalue weighted by Crippen LogP contribution is -2.18. The fourth-order valence-electron chi connectivity index (χ4n) is 2.35. The number of hydrogen-bond donors (Lipinski definition) is 1. The highest BCUT2D eigenvalue weighted by Gasteiger charge is 2.10. The van der Waals surface area contributed by atoms with E-state index < -0.39 is 0 Å². The van der Waals surface area contributed by atoms with Crippen LogP contribution in [0.25, 0.3) is 10.2 Å². The zero-order valence-corrected chi connectivity index (χ0v) is 17.2. The highest BCUT2D eigenvalue weighted by molar-refractivity contribution is 8.00. The minimum atomic E-state index is -0.349. The van der Waals surface area contributed by atoms with E-state index in [0.717, 1.165) is 22.0 Å². The van der Waals surface area contributed by atoms with Gasteiger partial charge < -0.3 is 14.4 Å². The zero-order valence-electron chi connectivity index (χ0n) is 14.8. The molecule has 2 amide bonds. The highest BCUT2D eigenvalue weighted by atomic mass is 35.5. The second kappa shape index (κ2) is 9.10. The summed E-state index contributed by atoms with van der Waals surface area (Å²) in [6.45, 7) is 2.02. The first-order valence-corrected chi connectivity index (χ1v) is 10.4. The summed E-state index contributed by atoms with van der Waals surface area (Å²) < 4.78 is 7.56. The minimum absolute atomic E-state index is 0.0658. The SMILES string of the molecule is C#CCn1c(=NC(=O)CSCC(=O)Nc2cc(C)on2)sc2cc(Cl)ccc21. The van der Waals surface area contributed by atoms with Crippen molar-refractivity contribution in [1.29, 1.82) is 0 Å². The maximum atomic E-state index is 12.2. The Hall–Kier alpha value is -2.54. The number of benzene rings is 1. The number of thioether (sulfide) groups is 1. The quantitative estimate of drug-likeness (QED) is 0.602. The lowest BCUT2D eigenvalue weighted by molar-refractivity contribution is -0.115. The molecule has 0 bridgehead atoms. The van der Waals surface area contributed by atoms with Crippen LogP contribution in [0.5, 0.6) is 0 Å². The summed E-state index contributed by atoms with van der Waals surface area (Å²) in [4.78, 5) is 28.7. The van der Waals surface area contributed by atoms with Crippen LogP contribution in [0, 0.1) is 19.3 Å². The summed E-state index contributed by atoms with van der Waals surface area (Å²) in [6, 6.07) is 7.03. The predicted octanol–water partition coefficient (Wildman–Crippen LogP) is 3.09. The van der Waals surface area contributed by atoms with Crippen LogP contribution < -0.4 is 10.1 Å². The average molecular weight is 435 g/mol. The van der Waals surface area contributed by atoms with Crippen molar-refractivity contribution in [3.8, 4) is 12.3 Å². The largest absolute Gasteiger partial charge is 0.360 e. The molecule has 28 heavy (non-hydrogen) atoms. The van der Waals surface area contributed by atoms with E-state index in [0.29, 0.717) is 27.9 Å². The second-order valence-corrected chi connectivity index (χ2v) is 8.09. The number of amides is 2. The number of carbonyl (C=O) groups is 2. The van der Waals surface area contributed by atoms with Crippen molar-refractivity contribution in [2.24, 2.45) is 4.99 Å². The van der Waals surface area contributed by atoms with Crippen LogP contribution in [0.4, 0.5) is 5.82 Å². The average Bonchev–Trinajstić information content (AvgIpc) is 3.18. The van der Waals surface area contributed by atoms with Gasteiger partial charge in [0.05, 0.1) is 28.3 Å². The predicted molar refractivity (Wildman–Crippen MR) is 111 cm³/mol. The molecule has 3 rings (SSSR count). The molecule has 0 atom stereocenters. The third-order valence-corrected chi connectivity index (χ3v) is 5.66. The number of anilines is 1. The van der Waals surface area contributed by atoms with Crippen LogP contribution in [0.2, 0.25) is 5.02 Å². The van der Waals surface area contributed by atoms with Gasteiger partial charge >= 0.3 is 0 Å². The van der Waals surface area contributed by atoms with Gasteiger partial charge in [-0.15, -0.1) is 18.2 Å². The summed E-state index contributed by atoms with van der Waals surface area (Å²) in [7, 11) is 0. The van der Waals surface area contributed by atoms with E-state index in [-0.39, 0.29) is 23.3 Å². The van der Waals surface area contributed by atoms with Crippen molar-refractivity contribution in [3.63, 3.8) is 0 Å². The third kappa shape index (κ3) is 5.04. The normalized spacial score (nSPS) is 11.5. The summed E-state index contributed by atoms with van der Waals surface area (Å²) in [5.41, 5.74) is 0.869. The molecule has 0 aliphatic rings. The number of aromatic nitrogens is 2. The molecule has 0 aliphatic heterocycles. The molecule has 0 spiro atoms. The Kier molecular flexibility index (Phi) is 6.57. The standard InChI is InChI=1S/C18H15ClN4O3S2/c1-3-6-23-13-5-4-12(19)8-14(13)28-18(23)21-17(25)10-27-9-16(24)20-15-7-11(2)26-22-15/h1,4-5,7-8H,6,9-10H2,2H3,(H,20,22,24). The van der Waals surface area contributed by atoms with Gasteiger partial charge in [0.2, 0.25) is 5.91 Å². The molecule has 0 unspecified atom stereocenters. The van der Waals surface area contributed by atoms with Gasteiger partial charge in [-0.05, 0) is 25.1 Å². The zero-order chi connectivity index (χ0) is 20.1. The van der Waals surface area contributed by atoms with Crippen molar-refractivity contribution >= 4 is 62.5 Å². The van der Waals surface area contributed by atoms with Gasteiger partial charge in [0, 0.05) is 11.1 Å². The number of thiazole rings is 1. The van der Waals surface area contributed by atoms with Crippen molar-refractivity contribution in [2.75, 3.05) is 16.8 Å². The molecule has 2 heterocycles. The van der Waals surface area contributed by atoms with Crippen molar-refractivity contribution in [1.82, 2.24) is 9.72 Å². The maximum absolute atomic E-state index is 12.2. The molecule has 7 nitrogen and oxygen atoms in total. The number of carbonyl (C=O) groups excluding carboxylic acids is 2. The van der Waals surface area contributed by atoms with Gasteiger partial charge in [-0.3, -0.25) is 9.59 Å². The smallest absolute Gasteiger partial charge is 0.258 e. The molecule has 0 saturated heterocycles. The fraction of sp³-hybridized carbons (Fsp3) is 0.222. The molecule has 10 heteroatoms. The molecule has 0 radical (unpaired) electrons. The lowest BCUT2D eigenvalue weighted by atomic mass is 10.3. The molecule has 0 saturated carbocycles. The van der Waals surface area contributed by atoms with Gasteiger partial charge in [-0.1, -0.05) is 34.0 Å². The lowest BCUT2D eigenvalue weighted by Gasteiger charge is -2.01. The van der Waals surface area contributed by atoms with Crippen LogP contribution in [0.15, 0.2) is 33.8 Å². The van der Waals surface area contributed by atoms with E-state index in [1.165, 1.54) is 11.3 Å². The topological polar surface area (TPSA) is 89.5 Å². The number of nitrogens with zero attached hydrogens (tertiary/aromatic N) is 3. The van der Waals surface area contributed by atoms with Gasteiger partial charge in [0.25, 0.3) is 5.91 Å². The monoisotopic (exact) mass is 434 g/mol. The fourth-order valence-corrected chi connectivity index (χ4v) is 4.27. The Balaban J connectivity index is 1.65. The number of halogens is 1. The summed E-state index contributed by atoms with van der Waals surface area (Å²) in [6.07, 6.45) is 5.44. The maximum Gasteiger partial charge on any atom is 0.258 e. The van der Waals surface area contributed by atoms with E-state index in [9.17, 15) is 9.59 Å². The molecule has 0 aliphatic carbocycles. The molecular weight excluding hydrogens is 420 g/mol. The van der Waals surface area contributed by atoms with Crippen molar-refractivity contribution < 1.29 is 14.1 Å². The summed E-state index contributed by atoms with van der Waals surface area (Å²) in [5.74, 6) is 3.05. The Bertz CT molecular complexity index is 1140. The number of fused-ring (bicyclic) bond motifs is 1. The third-order valence-electron chi connectivity index (χ3n) is 3.47. The van der Waals surface area contributed by atoms with Crippen LogP contribution in [-0.4, -0.2) is 33.0 Å². The van der Waals surface area contributed by atoms with Crippen LogP contribution >= 0.6 is 34.7 Å². The number of nitrogens with one attached hydrogen (secondary N) is 1. The van der Waals surface area contributed by atoms with Crippen molar-refractivity contribution in [3.05, 3.63) is 39.8 Å².